The van der Waals surface area contributed by atoms with Crippen molar-refractivity contribution in [1.82, 2.24) is 15.4 Å². The lowest BCUT2D eigenvalue weighted by Crippen LogP contribution is -2.42. The zero-order valence-electron chi connectivity index (χ0n) is 18.8. The largest absolute Gasteiger partial charge is 0.503 e. The number of rotatable bonds is 8. The highest BCUT2D eigenvalue weighted by molar-refractivity contribution is 5.97. The lowest BCUT2D eigenvalue weighted by atomic mass is 9.99. The molecule has 33 heavy (non-hydrogen) atoms. The summed E-state index contributed by atoms with van der Waals surface area (Å²) < 4.78 is 5.00. The Bertz CT molecular complexity index is 1180. The number of fused-ring (bicyclic) bond motifs is 1. The number of hydroxylamine groups is 2. The number of amides is 1. The van der Waals surface area contributed by atoms with Crippen LogP contribution in [0.5, 0.6) is 11.5 Å². The quantitative estimate of drug-likeness (QED) is 0.507. The number of hydrogen-bond donors (Lipinski definition) is 2. The van der Waals surface area contributed by atoms with Gasteiger partial charge in [0.05, 0.1) is 13.2 Å². The van der Waals surface area contributed by atoms with Crippen molar-refractivity contribution >= 4 is 22.6 Å². The van der Waals surface area contributed by atoms with Gasteiger partial charge in [0.2, 0.25) is 0 Å². The molecule has 172 valence electrons. The maximum Gasteiger partial charge on any atom is 0.347 e. The van der Waals surface area contributed by atoms with E-state index in [1.165, 1.54) is 26.3 Å². The number of carbonyl (C=O) groups excluding carboxylic acids is 2. The van der Waals surface area contributed by atoms with Crippen molar-refractivity contribution in [3.8, 4) is 11.5 Å². The smallest absolute Gasteiger partial charge is 0.347 e. The molecule has 8 nitrogen and oxygen atoms in total. The minimum atomic E-state index is -0.955. The normalized spacial score (nSPS) is 15.2. The minimum Gasteiger partial charge on any atom is -0.503 e. The number of aromatic nitrogens is 1. The summed E-state index contributed by atoms with van der Waals surface area (Å²) in [5.41, 5.74) is 0.850. The fourth-order valence-corrected chi connectivity index (χ4v) is 3.95. The van der Waals surface area contributed by atoms with Gasteiger partial charge in [-0.2, -0.15) is 0 Å². The molecule has 4 rings (SSSR count). The van der Waals surface area contributed by atoms with Gasteiger partial charge in [0, 0.05) is 19.3 Å². The molecule has 2 N–H and O–H groups in total. The van der Waals surface area contributed by atoms with Crippen LogP contribution < -0.4 is 10.1 Å². The number of methoxy groups -OCH3 is 1. The first-order chi connectivity index (χ1) is 15.9. The first kappa shape index (κ1) is 22.5. The Morgan fingerprint density at radius 3 is 2.58 bits per heavy atom. The highest BCUT2D eigenvalue weighted by atomic mass is 16.7. The molecule has 3 aromatic rings. The van der Waals surface area contributed by atoms with E-state index in [0.29, 0.717) is 5.92 Å². The Morgan fingerprint density at radius 2 is 1.88 bits per heavy atom. The van der Waals surface area contributed by atoms with Crippen LogP contribution in [-0.2, 0) is 9.63 Å². The molecule has 0 radical (unpaired) electrons. The van der Waals surface area contributed by atoms with Gasteiger partial charge < -0.3 is 20.0 Å². The van der Waals surface area contributed by atoms with Crippen LogP contribution in [0.4, 0.5) is 0 Å². The van der Waals surface area contributed by atoms with Gasteiger partial charge in [-0.05, 0) is 48.1 Å². The second-order valence-corrected chi connectivity index (χ2v) is 8.25. The highest BCUT2D eigenvalue weighted by Gasteiger charge is 2.37. The maximum absolute atomic E-state index is 12.7. The van der Waals surface area contributed by atoms with E-state index in [2.05, 4.69) is 40.6 Å². The summed E-state index contributed by atoms with van der Waals surface area (Å²) in [7, 11) is 3.11. The summed E-state index contributed by atoms with van der Waals surface area (Å²) in [4.78, 5) is 34.8. The molecule has 0 spiro atoms. The molecule has 1 fully saturated rings. The predicted molar refractivity (Wildman–Crippen MR) is 123 cm³/mol. The van der Waals surface area contributed by atoms with Gasteiger partial charge in [-0.1, -0.05) is 36.4 Å². The van der Waals surface area contributed by atoms with Gasteiger partial charge in [0.1, 0.15) is 6.04 Å². The molecule has 0 aliphatic heterocycles. The summed E-state index contributed by atoms with van der Waals surface area (Å²) >= 11 is 0. The Hall–Kier alpha value is -3.65. The van der Waals surface area contributed by atoms with Gasteiger partial charge in [0.25, 0.3) is 5.91 Å². The number of carbonyl (C=O) groups is 2. The Morgan fingerprint density at radius 1 is 1.15 bits per heavy atom. The first-order valence-corrected chi connectivity index (χ1v) is 10.8. The second-order valence-electron chi connectivity index (χ2n) is 8.25. The van der Waals surface area contributed by atoms with E-state index >= 15 is 0 Å². The number of nitrogens with zero attached hydrogens (tertiary/aromatic N) is 2. The van der Waals surface area contributed by atoms with E-state index in [1.807, 2.05) is 12.1 Å². The molecule has 0 saturated heterocycles. The highest BCUT2D eigenvalue weighted by Crippen LogP contribution is 2.44. The molecule has 2 aromatic carbocycles. The summed E-state index contributed by atoms with van der Waals surface area (Å²) in [5, 5.41) is 16.5. The van der Waals surface area contributed by atoms with Crippen LogP contribution in [0.1, 0.15) is 41.9 Å². The van der Waals surface area contributed by atoms with E-state index in [0.717, 1.165) is 29.2 Å². The predicted octanol–water partition coefficient (Wildman–Crippen LogP) is 3.61. The third-order valence-electron chi connectivity index (χ3n) is 5.83. The van der Waals surface area contributed by atoms with E-state index in [4.69, 9.17) is 9.57 Å². The third-order valence-corrected chi connectivity index (χ3v) is 5.83. The van der Waals surface area contributed by atoms with Crippen LogP contribution in [0, 0.1) is 5.92 Å². The Kier molecular flexibility index (Phi) is 6.46. The number of pyridine rings is 1. The monoisotopic (exact) mass is 449 g/mol. The van der Waals surface area contributed by atoms with Gasteiger partial charge in [-0.15, -0.1) is 5.06 Å². The van der Waals surface area contributed by atoms with Crippen LogP contribution in [0.2, 0.25) is 0 Å². The summed E-state index contributed by atoms with van der Waals surface area (Å²) in [6.07, 6.45) is 3.47. The molecule has 0 bridgehead atoms. The lowest BCUT2D eigenvalue weighted by molar-refractivity contribution is -0.198. The van der Waals surface area contributed by atoms with Crippen molar-refractivity contribution in [3.63, 3.8) is 0 Å². The van der Waals surface area contributed by atoms with E-state index in [1.54, 1.807) is 12.1 Å². The summed E-state index contributed by atoms with van der Waals surface area (Å²) in [5.74, 6) is -1.19. The fraction of sp³-hybridized carbons (Fsp3) is 0.320. The molecular formula is C25H27N3O5. The summed E-state index contributed by atoms with van der Waals surface area (Å²) in [6.45, 7) is 1.52. The van der Waals surface area contributed by atoms with Gasteiger partial charge >= 0.3 is 5.97 Å². The average Bonchev–Trinajstić information content (AvgIpc) is 3.64. The molecule has 1 amide bonds. The molecule has 2 atom stereocenters. The van der Waals surface area contributed by atoms with Crippen LogP contribution in [0.25, 0.3) is 10.8 Å². The van der Waals surface area contributed by atoms with Crippen LogP contribution in [0.15, 0.2) is 54.7 Å². The van der Waals surface area contributed by atoms with E-state index < -0.39 is 17.9 Å². The Balaban J connectivity index is 1.44. The molecule has 1 aliphatic carbocycles. The Labute approximate surface area is 192 Å². The molecule has 1 unspecified atom stereocenters. The van der Waals surface area contributed by atoms with Gasteiger partial charge in [-0.3, -0.25) is 4.79 Å². The van der Waals surface area contributed by atoms with Crippen molar-refractivity contribution < 1.29 is 24.3 Å². The van der Waals surface area contributed by atoms with Crippen molar-refractivity contribution in [2.75, 3.05) is 14.2 Å². The number of nitrogens with one attached hydrogen (secondary N) is 1. The summed E-state index contributed by atoms with van der Waals surface area (Å²) in [6, 6.07) is 14.8. The van der Waals surface area contributed by atoms with Crippen LogP contribution >= 0.6 is 0 Å². The lowest BCUT2D eigenvalue weighted by Gasteiger charge is -2.28. The zero-order chi connectivity index (χ0) is 23.5. The van der Waals surface area contributed by atoms with Crippen molar-refractivity contribution in [3.05, 3.63) is 66.0 Å². The average molecular weight is 450 g/mol. The molecule has 1 saturated carbocycles. The standard InChI is InChI=1S/C25H27N3O5/c1-15(27-24(30)21-23(29)20(32-3)12-13-26-21)25(31)33-28(2)22(17-9-10-17)19-11-8-16-6-4-5-7-18(16)14-19/h4-8,11-15,17,22,29H,9-10H2,1-3H3,(H,27,30)/t15-,22?/m0/s1. The second kappa shape index (κ2) is 9.46. The van der Waals surface area contributed by atoms with Gasteiger partial charge in [-0.25, -0.2) is 9.78 Å². The molecular weight excluding hydrogens is 422 g/mol. The molecule has 1 aromatic heterocycles. The zero-order valence-corrected chi connectivity index (χ0v) is 18.8. The van der Waals surface area contributed by atoms with Crippen LogP contribution in [-0.4, -0.2) is 47.2 Å². The van der Waals surface area contributed by atoms with E-state index in [-0.39, 0.29) is 23.2 Å². The minimum absolute atomic E-state index is 0.0782. The third kappa shape index (κ3) is 4.90. The maximum atomic E-state index is 12.7. The van der Waals surface area contributed by atoms with Gasteiger partial charge in [0.15, 0.2) is 17.2 Å². The van der Waals surface area contributed by atoms with Crippen molar-refractivity contribution in [2.24, 2.45) is 5.92 Å². The number of benzene rings is 2. The number of ether oxygens (including phenoxy) is 1. The van der Waals surface area contributed by atoms with Crippen LogP contribution in [0.3, 0.4) is 0 Å². The topological polar surface area (TPSA) is 101 Å². The molecule has 1 heterocycles. The molecule has 8 heteroatoms. The first-order valence-electron chi connectivity index (χ1n) is 10.8. The fourth-order valence-electron chi connectivity index (χ4n) is 3.95. The SMILES string of the molecule is COc1ccnc(C(=O)N[C@@H](C)C(=O)ON(C)C(c2ccc3ccccc3c2)C2CC2)c1O. The number of hydrogen-bond acceptors (Lipinski definition) is 7. The van der Waals surface area contributed by atoms with Crippen molar-refractivity contribution in [1.29, 1.82) is 0 Å². The van der Waals surface area contributed by atoms with Crippen molar-refractivity contribution in [2.45, 2.75) is 31.8 Å². The number of aromatic hydroxyl groups is 1. The molecule has 1 aliphatic rings. The van der Waals surface area contributed by atoms with E-state index in [9.17, 15) is 14.7 Å².